The van der Waals surface area contributed by atoms with Gasteiger partial charge in [-0.25, -0.2) is 12.8 Å². The summed E-state index contributed by atoms with van der Waals surface area (Å²) in [6, 6.07) is 14.7. The third kappa shape index (κ3) is 7.68. The number of carbonyl (C=O) groups is 2. The van der Waals surface area contributed by atoms with E-state index in [4.69, 9.17) is 21.1 Å². The molecule has 3 aromatic carbocycles. The van der Waals surface area contributed by atoms with Gasteiger partial charge in [0.25, 0.3) is 10.0 Å². The average molecular weight is 606 g/mol. The van der Waals surface area contributed by atoms with Crippen molar-refractivity contribution in [3.8, 4) is 11.5 Å². The highest BCUT2D eigenvalue weighted by molar-refractivity contribution is 7.92. The number of methoxy groups -OCH3 is 2. The van der Waals surface area contributed by atoms with Gasteiger partial charge in [-0.3, -0.25) is 13.9 Å². The fourth-order valence-corrected chi connectivity index (χ4v) is 5.79. The molecule has 41 heavy (non-hydrogen) atoms. The SMILES string of the molecule is CCNC(=O)[C@@H](CC)N(Cc1ccc(Cl)cc1)C(=O)CN(c1ccc(F)cc1)S(=O)(=O)c1ccc(OC)c(OC)c1. The topological polar surface area (TPSA) is 105 Å². The minimum Gasteiger partial charge on any atom is -0.493 e. The van der Waals surface area contributed by atoms with Crippen molar-refractivity contribution < 1.29 is 31.9 Å². The number of nitrogens with zero attached hydrogens (tertiary/aromatic N) is 2. The molecule has 0 spiro atoms. The summed E-state index contributed by atoms with van der Waals surface area (Å²) < 4.78 is 53.2. The lowest BCUT2D eigenvalue weighted by Gasteiger charge is -2.33. The van der Waals surface area contributed by atoms with Crippen molar-refractivity contribution in [1.29, 1.82) is 0 Å². The maximum atomic E-state index is 14.0. The highest BCUT2D eigenvalue weighted by Crippen LogP contribution is 2.32. The Labute approximate surface area is 244 Å². The molecule has 12 heteroatoms. The lowest BCUT2D eigenvalue weighted by atomic mass is 10.1. The van der Waals surface area contributed by atoms with Gasteiger partial charge in [-0.1, -0.05) is 30.7 Å². The Bertz CT molecular complexity index is 1450. The summed E-state index contributed by atoms with van der Waals surface area (Å²) in [5, 5.41) is 3.25. The molecule has 0 aliphatic carbocycles. The third-order valence-corrected chi connectivity index (χ3v) is 8.36. The quantitative estimate of drug-likeness (QED) is 0.304. The van der Waals surface area contributed by atoms with E-state index in [2.05, 4.69) is 5.32 Å². The van der Waals surface area contributed by atoms with E-state index in [0.717, 1.165) is 16.4 Å². The van der Waals surface area contributed by atoms with Crippen molar-refractivity contribution in [2.75, 3.05) is 31.6 Å². The number of carbonyl (C=O) groups excluding carboxylic acids is 2. The van der Waals surface area contributed by atoms with Gasteiger partial charge in [-0.15, -0.1) is 0 Å². The van der Waals surface area contributed by atoms with Crippen molar-refractivity contribution >= 4 is 39.1 Å². The fraction of sp³-hybridized carbons (Fsp3) is 0.310. The van der Waals surface area contributed by atoms with Crippen LogP contribution in [0.2, 0.25) is 5.02 Å². The Kier molecular flexibility index (Phi) is 11.0. The van der Waals surface area contributed by atoms with Crippen LogP contribution < -0.4 is 19.1 Å². The highest BCUT2D eigenvalue weighted by atomic mass is 35.5. The van der Waals surface area contributed by atoms with E-state index in [0.29, 0.717) is 22.9 Å². The van der Waals surface area contributed by atoms with E-state index in [-0.39, 0.29) is 35.2 Å². The van der Waals surface area contributed by atoms with Gasteiger partial charge >= 0.3 is 0 Å². The summed E-state index contributed by atoms with van der Waals surface area (Å²) in [4.78, 5) is 28.1. The number of rotatable bonds is 13. The molecule has 3 rings (SSSR count). The van der Waals surface area contributed by atoms with Crippen LogP contribution in [-0.4, -0.2) is 58.5 Å². The molecule has 9 nitrogen and oxygen atoms in total. The predicted molar refractivity (Wildman–Crippen MR) is 155 cm³/mol. The van der Waals surface area contributed by atoms with Crippen LogP contribution in [0.5, 0.6) is 11.5 Å². The Morgan fingerprint density at radius 1 is 0.951 bits per heavy atom. The van der Waals surface area contributed by atoms with E-state index in [1.54, 1.807) is 38.1 Å². The van der Waals surface area contributed by atoms with Crippen molar-refractivity contribution in [2.45, 2.75) is 37.8 Å². The zero-order chi connectivity index (χ0) is 30.2. The molecule has 0 fully saturated rings. The predicted octanol–water partition coefficient (Wildman–Crippen LogP) is 4.64. The van der Waals surface area contributed by atoms with Gasteiger partial charge in [0.1, 0.15) is 18.4 Å². The van der Waals surface area contributed by atoms with E-state index >= 15 is 0 Å². The molecule has 1 N–H and O–H groups in total. The van der Waals surface area contributed by atoms with Gasteiger partial charge in [0.2, 0.25) is 11.8 Å². The molecule has 0 aliphatic rings. The summed E-state index contributed by atoms with van der Waals surface area (Å²) in [6.45, 7) is 3.25. The molecule has 0 saturated carbocycles. The molecule has 0 aromatic heterocycles. The molecule has 2 amide bonds. The zero-order valence-corrected chi connectivity index (χ0v) is 24.8. The molecule has 3 aromatic rings. The second-order valence-corrected chi connectivity index (χ2v) is 11.3. The summed E-state index contributed by atoms with van der Waals surface area (Å²) in [6.07, 6.45) is 0.282. The number of anilines is 1. The van der Waals surface area contributed by atoms with Gasteiger partial charge in [-0.05, 0) is 67.4 Å². The first-order chi connectivity index (χ1) is 19.5. The molecule has 1 atom stereocenters. The Morgan fingerprint density at radius 3 is 2.15 bits per heavy atom. The Hall–Kier alpha value is -3.83. The van der Waals surface area contributed by atoms with Crippen LogP contribution in [-0.2, 0) is 26.2 Å². The minimum absolute atomic E-state index is 0.0271. The summed E-state index contributed by atoms with van der Waals surface area (Å²) in [5.74, 6) is -1.08. The fourth-order valence-electron chi connectivity index (χ4n) is 4.24. The molecule has 0 heterocycles. The number of hydrogen-bond acceptors (Lipinski definition) is 6. The summed E-state index contributed by atoms with van der Waals surface area (Å²) >= 11 is 6.03. The van der Waals surface area contributed by atoms with E-state index in [1.807, 2.05) is 0 Å². The number of nitrogens with one attached hydrogen (secondary N) is 1. The first kappa shape index (κ1) is 31.7. The largest absolute Gasteiger partial charge is 0.493 e. The lowest BCUT2D eigenvalue weighted by Crippen LogP contribution is -2.52. The van der Waals surface area contributed by atoms with Crippen LogP contribution >= 0.6 is 11.6 Å². The highest BCUT2D eigenvalue weighted by Gasteiger charge is 2.34. The minimum atomic E-state index is -4.38. The molecule has 0 radical (unpaired) electrons. The van der Waals surface area contributed by atoms with Crippen molar-refractivity contribution in [3.63, 3.8) is 0 Å². The van der Waals surface area contributed by atoms with Gasteiger partial charge in [0.15, 0.2) is 11.5 Å². The second-order valence-electron chi connectivity index (χ2n) is 8.97. The average Bonchev–Trinajstić information content (AvgIpc) is 2.96. The zero-order valence-electron chi connectivity index (χ0n) is 23.3. The molecular formula is C29H33ClFN3O6S. The lowest BCUT2D eigenvalue weighted by molar-refractivity contribution is -0.140. The number of sulfonamides is 1. The van der Waals surface area contributed by atoms with Crippen LogP contribution in [0.4, 0.5) is 10.1 Å². The maximum Gasteiger partial charge on any atom is 0.264 e. The molecule has 0 aliphatic heterocycles. The van der Waals surface area contributed by atoms with E-state index in [1.165, 1.54) is 49.5 Å². The second kappa shape index (κ2) is 14.2. The van der Waals surface area contributed by atoms with Crippen molar-refractivity contribution in [1.82, 2.24) is 10.2 Å². The molecule has 0 saturated heterocycles. The van der Waals surface area contributed by atoms with Crippen LogP contribution in [0.1, 0.15) is 25.8 Å². The van der Waals surface area contributed by atoms with Gasteiger partial charge in [0.05, 0.1) is 24.8 Å². The van der Waals surface area contributed by atoms with Crippen molar-refractivity contribution in [3.05, 3.63) is 83.1 Å². The van der Waals surface area contributed by atoms with Crippen LogP contribution in [0.15, 0.2) is 71.6 Å². The molecular weight excluding hydrogens is 573 g/mol. The summed E-state index contributed by atoms with van der Waals surface area (Å²) in [7, 11) is -1.59. The third-order valence-electron chi connectivity index (χ3n) is 6.34. The number of hydrogen-bond donors (Lipinski definition) is 1. The van der Waals surface area contributed by atoms with Crippen LogP contribution in [0, 0.1) is 5.82 Å². The van der Waals surface area contributed by atoms with Crippen LogP contribution in [0.25, 0.3) is 0 Å². The first-order valence-electron chi connectivity index (χ1n) is 12.9. The van der Waals surface area contributed by atoms with E-state index < -0.39 is 34.3 Å². The monoisotopic (exact) mass is 605 g/mol. The normalized spacial score (nSPS) is 11.9. The number of halogens is 2. The summed E-state index contributed by atoms with van der Waals surface area (Å²) in [5.41, 5.74) is 0.758. The number of likely N-dealkylation sites (N-methyl/N-ethyl adjacent to an activating group) is 1. The number of benzene rings is 3. The van der Waals surface area contributed by atoms with Gasteiger partial charge < -0.3 is 19.7 Å². The molecule has 0 bridgehead atoms. The smallest absolute Gasteiger partial charge is 0.264 e. The van der Waals surface area contributed by atoms with E-state index in [9.17, 15) is 22.4 Å². The maximum absolute atomic E-state index is 14.0. The first-order valence-corrected chi connectivity index (χ1v) is 14.7. The molecule has 220 valence electrons. The number of ether oxygens (including phenoxy) is 2. The van der Waals surface area contributed by atoms with Gasteiger partial charge in [0, 0.05) is 24.2 Å². The van der Waals surface area contributed by atoms with Gasteiger partial charge in [-0.2, -0.15) is 0 Å². The standard InChI is InChI=1S/C29H33ClFN3O6S/c1-5-25(29(36)32-6-2)33(18-20-7-9-21(30)10-8-20)28(35)19-34(23-13-11-22(31)12-14-23)41(37,38)24-15-16-26(39-3)27(17-24)40-4/h7-17,25H,5-6,18-19H2,1-4H3,(H,32,36)/t25-/m1/s1. The van der Waals surface area contributed by atoms with Crippen molar-refractivity contribution in [2.24, 2.45) is 0 Å². The Balaban J connectivity index is 2.09. The Morgan fingerprint density at radius 2 is 1.59 bits per heavy atom. The number of amides is 2. The molecule has 0 unspecified atom stereocenters. The van der Waals surface area contributed by atoms with Crippen LogP contribution in [0.3, 0.4) is 0 Å².